The number of aromatic nitrogens is 1. The van der Waals surface area contributed by atoms with E-state index in [1.54, 1.807) is 7.05 Å². The second kappa shape index (κ2) is 9.78. The van der Waals surface area contributed by atoms with Crippen molar-refractivity contribution < 1.29 is 28.5 Å². The van der Waals surface area contributed by atoms with E-state index in [2.05, 4.69) is 20.9 Å². The van der Waals surface area contributed by atoms with Gasteiger partial charge in [-0.1, -0.05) is 70.0 Å². The Bertz CT molecular complexity index is 1290. The Morgan fingerprint density at radius 1 is 1.19 bits per heavy atom. The van der Waals surface area contributed by atoms with Gasteiger partial charge in [0.2, 0.25) is 5.88 Å². The van der Waals surface area contributed by atoms with Crippen LogP contribution in [0.25, 0.3) is 0 Å². The molecule has 2 heterocycles. The third kappa shape index (κ3) is 4.03. The van der Waals surface area contributed by atoms with E-state index in [4.69, 9.17) is 21.1 Å². The largest absolute Gasteiger partial charge is 0.481 e. The fourth-order valence-electron chi connectivity index (χ4n) is 6.12. The molecule has 10 heteroatoms. The van der Waals surface area contributed by atoms with Crippen molar-refractivity contribution in [2.75, 3.05) is 27.2 Å². The maximum absolute atomic E-state index is 13.3. The molecule has 0 saturated heterocycles. The second-order valence-corrected chi connectivity index (χ2v) is 10.9. The lowest BCUT2D eigenvalue weighted by Crippen LogP contribution is -2.52. The van der Waals surface area contributed by atoms with Crippen molar-refractivity contribution in [3.63, 3.8) is 0 Å². The molecule has 5 rings (SSSR count). The van der Waals surface area contributed by atoms with Crippen LogP contribution < -0.4 is 9.47 Å². The summed E-state index contributed by atoms with van der Waals surface area (Å²) in [5.41, 5.74) is -2.04. The lowest BCUT2D eigenvalue weighted by molar-refractivity contribution is -0.152. The number of halogens is 4. The van der Waals surface area contributed by atoms with Gasteiger partial charge < -0.3 is 24.6 Å². The zero-order chi connectivity index (χ0) is 26.5. The Hall–Kier alpha value is -2.30. The SMILES string of the molecule is COc1nc(Cl)cc2c1[C@]1(O)[C@H](O)C(CN(C)CC(F)F)[C@@H](c3ccccc3)[C@]1(c1ccc(Br)cc1)O2. The Morgan fingerprint density at radius 2 is 1.86 bits per heavy atom. The van der Waals surface area contributed by atoms with Crippen LogP contribution in [-0.2, 0) is 11.2 Å². The predicted molar refractivity (Wildman–Crippen MR) is 138 cm³/mol. The van der Waals surface area contributed by atoms with Crippen molar-refractivity contribution in [1.82, 2.24) is 9.88 Å². The van der Waals surface area contributed by atoms with Gasteiger partial charge >= 0.3 is 0 Å². The smallest absolute Gasteiger partial charge is 0.251 e. The van der Waals surface area contributed by atoms with E-state index in [0.717, 1.165) is 10.0 Å². The highest BCUT2D eigenvalue weighted by Crippen LogP contribution is 2.69. The highest BCUT2D eigenvalue weighted by Gasteiger charge is 2.77. The van der Waals surface area contributed by atoms with E-state index >= 15 is 0 Å². The molecule has 2 aromatic carbocycles. The highest BCUT2D eigenvalue weighted by atomic mass is 79.9. The van der Waals surface area contributed by atoms with Gasteiger partial charge in [0, 0.05) is 28.9 Å². The number of ether oxygens (including phenoxy) is 2. The molecule has 1 fully saturated rings. The third-order valence-electron chi connectivity index (χ3n) is 7.43. The van der Waals surface area contributed by atoms with E-state index in [1.165, 1.54) is 18.1 Å². The number of aliphatic hydroxyl groups excluding tert-OH is 1. The van der Waals surface area contributed by atoms with Gasteiger partial charge in [-0.15, -0.1) is 0 Å². The van der Waals surface area contributed by atoms with E-state index in [0.29, 0.717) is 5.56 Å². The number of fused-ring (bicyclic) bond motifs is 3. The molecule has 0 spiro atoms. The number of nitrogens with zero attached hydrogens (tertiary/aromatic N) is 2. The van der Waals surface area contributed by atoms with Crippen LogP contribution in [0, 0.1) is 5.92 Å². The molecule has 3 aromatic rings. The van der Waals surface area contributed by atoms with Crippen LogP contribution in [0.3, 0.4) is 0 Å². The Kier molecular flexibility index (Phi) is 6.96. The summed E-state index contributed by atoms with van der Waals surface area (Å²) in [7, 11) is 2.97. The van der Waals surface area contributed by atoms with Gasteiger partial charge in [-0.3, -0.25) is 0 Å². The molecule has 1 aromatic heterocycles. The number of benzene rings is 2. The second-order valence-electron chi connectivity index (χ2n) is 9.55. The predicted octanol–water partition coefficient (Wildman–Crippen LogP) is 4.95. The minimum Gasteiger partial charge on any atom is -0.481 e. The Balaban J connectivity index is 1.80. The molecule has 0 amide bonds. The van der Waals surface area contributed by atoms with Crippen molar-refractivity contribution in [2.24, 2.45) is 5.92 Å². The van der Waals surface area contributed by atoms with E-state index in [1.807, 2.05) is 54.6 Å². The number of rotatable bonds is 7. The summed E-state index contributed by atoms with van der Waals surface area (Å²) in [6.45, 7) is -0.403. The van der Waals surface area contributed by atoms with Crippen LogP contribution in [-0.4, -0.2) is 59.9 Å². The van der Waals surface area contributed by atoms with Crippen LogP contribution in [0.2, 0.25) is 5.15 Å². The third-order valence-corrected chi connectivity index (χ3v) is 8.16. The molecule has 0 radical (unpaired) electrons. The van der Waals surface area contributed by atoms with Gasteiger partial charge in [0.25, 0.3) is 6.43 Å². The average Bonchev–Trinajstić information content (AvgIpc) is 3.22. The van der Waals surface area contributed by atoms with E-state index in [9.17, 15) is 19.0 Å². The molecular weight excluding hydrogens is 570 g/mol. The minimum absolute atomic E-state index is 0.0245. The van der Waals surface area contributed by atoms with Gasteiger partial charge in [-0.2, -0.15) is 0 Å². The first-order chi connectivity index (χ1) is 17.6. The van der Waals surface area contributed by atoms with Crippen molar-refractivity contribution in [1.29, 1.82) is 0 Å². The van der Waals surface area contributed by atoms with Gasteiger partial charge in [0.15, 0.2) is 11.2 Å². The summed E-state index contributed by atoms with van der Waals surface area (Å²) in [5, 5.41) is 24.8. The highest BCUT2D eigenvalue weighted by molar-refractivity contribution is 9.10. The number of methoxy groups -OCH3 is 1. The molecular formula is C27H26BrClF2N2O4. The lowest BCUT2D eigenvalue weighted by Gasteiger charge is -2.41. The van der Waals surface area contributed by atoms with Crippen LogP contribution in [0.1, 0.15) is 22.6 Å². The number of alkyl halides is 2. The summed E-state index contributed by atoms with van der Waals surface area (Å²) in [6, 6.07) is 18.1. The van der Waals surface area contributed by atoms with Gasteiger partial charge in [0.05, 0.1) is 25.3 Å². The molecule has 37 heavy (non-hydrogen) atoms. The van der Waals surface area contributed by atoms with Crippen LogP contribution in [0.15, 0.2) is 65.1 Å². The molecule has 2 N–H and O–H groups in total. The molecule has 6 nitrogen and oxygen atoms in total. The average molecular weight is 596 g/mol. The standard InChI is InChI=1S/C27H26BrClF2N2O4/c1-33(14-21(30)31)13-18-22(15-6-4-3-5-7-15)27(16-8-10-17(28)11-9-16)26(35,24(18)34)23-19(37-27)12-20(29)32-25(23)36-2/h3-12,18,21-22,24,34-35H,13-14H2,1-2H3/t18?,22-,24-,26+,27+/m1/s1. The normalized spacial score (nSPS) is 28.3. The Morgan fingerprint density at radius 3 is 2.49 bits per heavy atom. The zero-order valence-corrected chi connectivity index (χ0v) is 22.5. The van der Waals surface area contributed by atoms with Crippen LogP contribution in [0.5, 0.6) is 11.6 Å². The van der Waals surface area contributed by atoms with E-state index < -0.39 is 42.1 Å². The van der Waals surface area contributed by atoms with Gasteiger partial charge in [0.1, 0.15) is 10.9 Å². The first kappa shape index (κ1) is 26.3. The van der Waals surface area contributed by atoms with Gasteiger partial charge in [-0.25, -0.2) is 13.8 Å². The number of hydrogen-bond acceptors (Lipinski definition) is 6. The first-order valence-corrected chi connectivity index (χ1v) is 12.9. The summed E-state index contributed by atoms with van der Waals surface area (Å²) in [5.74, 6) is -1.09. The van der Waals surface area contributed by atoms with E-state index in [-0.39, 0.29) is 28.9 Å². The lowest BCUT2D eigenvalue weighted by atomic mass is 9.71. The monoisotopic (exact) mass is 594 g/mol. The van der Waals surface area contributed by atoms with Crippen molar-refractivity contribution in [2.45, 2.75) is 29.6 Å². The first-order valence-electron chi connectivity index (χ1n) is 11.8. The minimum atomic E-state index is -2.55. The van der Waals surface area contributed by atoms with Gasteiger partial charge in [-0.05, 0) is 30.3 Å². The number of pyridine rings is 1. The van der Waals surface area contributed by atoms with Crippen molar-refractivity contribution >= 4 is 27.5 Å². The molecule has 1 saturated carbocycles. The molecule has 1 unspecified atom stereocenters. The molecule has 5 atom stereocenters. The molecule has 1 aliphatic carbocycles. The summed E-state index contributed by atoms with van der Waals surface area (Å²) < 4.78 is 39.6. The number of aliphatic hydroxyl groups is 2. The quantitative estimate of drug-likeness (QED) is 0.377. The fourth-order valence-corrected chi connectivity index (χ4v) is 6.56. The summed E-state index contributed by atoms with van der Waals surface area (Å²) in [4.78, 5) is 5.71. The van der Waals surface area contributed by atoms with Crippen molar-refractivity contribution in [3.8, 4) is 11.6 Å². The topological polar surface area (TPSA) is 75.0 Å². The number of hydrogen-bond donors (Lipinski definition) is 2. The van der Waals surface area contributed by atoms with Crippen LogP contribution >= 0.6 is 27.5 Å². The zero-order valence-electron chi connectivity index (χ0n) is 20.1. The van der Waals surface area contributed by atoms with Crippen LogP contribution in [0.4, 0.5) is 8.78 Å². The molecule has 2 aliphatic rings. The van der Waals surface area contributed by atoms with Crippen molar-refractivity contribution in [3.05, 3.63) is 87.0 Å². The summed E-state index contributed by atoms with van der Waals surface area (Å²) >= 11 is 9.72. The molecule has 196 valence electrons. The Labute approximate surface area is 226 Å². The maximum Gasteiger partial charge on any atom is 0.251 e. The molecule has 1 aliphatic heterocycles. The maximum atomic E-state index is 13.3. The fraction of sp³-hybridized carbons (Fsp3) is 0.370. The molecule has 0 bridgehead atoms. The summed E-state index contributed by atoms with van der Waals surface area (Å²) in [6.07, 6.45) is -3.98.